The van der Waals surface area contributed by atoms with Crippen molar-refractivity contribution in [3.8, 4) is 0 Å². The fourth-order valence-corrected chi connectivity index (χ4v) is 3.52. The van der Waals surface area contributed by atoms with Gasteiger partial charge >= 0.3 is 0 Å². The number of rotatable bonds is 6. The van der Waals surface area contributed by atoms with Gasteiger partial charge in [-0.25, -0.2) is 17.5 Å². The number of hydrogen-bond acceptors (Lipinski definition) is 3. The summed E-state index contributed by atoms with van der Waals surface area (Å²) >= 11 is 0. The summed E-state index contributed by atoms with van der Waals surface area (Å²) in [5.41, 5.74) is 1.94. The number of hydrogen-bond donors (Lipinski definition) is 2. The molecule has 0 heterocycles. The van der Waals surface area contributed by atoms with Crippen molar-refractivity contribution < 1.29 is 17.6 Å². The van der Waals surface area contributed by atoms with E-state index in [1.54, 1.807) is 0 Å². The van der Waals surface area contributed by atoms with Crippen LogP contribution in [0.2, 0.25) is 0 Å². The van der Waals surface area contributed by atoms with Gasteiger partial charge in [-0.2, -0.15) is 0 Å². The maximum absolute atomic E-state index is 14.1. The summed E-state index contributed by atoms with van der Waals surface area (Å²) in [4.78, 5) is 12.3. The summed E-state index contributed by atoms with van der Waals surface area (Å²) in [6, 6.07) is 8.69. The summed E-state index contributed by atoms with van der Waals surface area (Å²) in [5, 5.41) is 2.66. The Morgan fingerprint density at radius 2 is 1.76 bits per heavy atom. The molecule has 2 aromatic carbocycles. The SMILES string of the molecule is CCCNS(=O)(=O)c1ccc(F)c(C(=O)Nc2c(C)cccc2C)c1. The highest BCUT2D eigenvalue weighted by atomic mass is 32.2. The number of sulfonamides is 1. The second-order valence-corrected chi connectivity index (χ2v) is 7.53. The van der Waals surface area contributed by atoms with Crippen LogP contribution in [0.5, 0.6) is 0 Å². The Morgan fingerprint density at radius 1 is 1.12 bits per heavy atom. The minimum atomic E-state index is -3.78. The molecule has 0 saturated heterocycles. The van der Waals surface area contributed by atoms with E-state index in [1.807, 2.05) is 39.0 Å². The molecule has 25 heavy (non-hydrogen) atoms. The van der Waals surface area contributed by atoms with Crippen molar-refractivity contribution in [2.75, 3.05) is 11.9 Å². The highest BCUT2D eigenvalue weighted by molar-refractivity contribution is 7.89. The topological polar surface area (TPSA) is 75.3 Å². The molecular weight excluding hydrogens is 343 g/mol. The normalized spacial score (nSPS) is 11.4. The molecule has 0 aromatic heterocycles. The Labute approximate surface area is 147 Å². The number of nitrogens with one attached hydrogen (secondary N) is 2. The predicted octanol–water partition coefficient (Wildman–Crippen LogP) is 3.38. The van der Waals surface area contributed by atoms with Gasteiger partial charge in [0.25, 0.3) is 5.91 Å². The van der Waals surface area contributed by atoms with Crippen LogP contribution in [0, 0.1) is 19.7 Å². The first-order valence-corrected chi connectivity index (χ1v) is 9.41. The summed E-state index contributed by atoms with van der Waals surface area (Å²) < 4.78 is 40.8. The molecule has 0 aliphatic rings. The van der Waals surface area contributed by atoms with E-state index in [4.69, 9.17) is 0 Å². The van der Waals surface area contributed by atoms with E-state index in [0.29, 0.717) is 12.1 Å². The molecule has 134 valence electrons. The molecule has 0 atom stereocenters. The zero-order valence-corrected chi connectivity index (χ0v) is 15.2. The summed E-state index contributed by atoms with van der Waals surface area (Å²) in [5.74, 6) is -1.47. The highest BCUT2D eigenvalue weighted by Gasteiger charge is 2.20. The van der Waals surface area contributed by atoms with Crippen LogP contribution < -0.4 is 10.0 Å². The van der Waals surface area contributed by atoms with Crippen LogP contribution in [-0.4, -0.2) is 20.9 Å². The van der Waals surface area contributed by atoms with Gasteiger partial charge in [-0.1, -0.05) is 25.1 Å². The van der Waals surface area contributed by atoms with Gasteiger partial charge in [-0.3, -0.25) is 4.79 Å². The average molecular weight is 364 g/mol. The Balaban J connectivity index is 2.36. The number of amides is 1. The smallest absolute Gasteiger partial charge is 0.258 e. The van der Waals surface area contributed by atoms with Gasteiger partial charge in [0.1, 0.15) is 5.82 Å². The molecule has 1 amide bonds. The molecule has 0 aliphatic carbocycles. The summed E-state index contributed by atoms with van der Waals surface area (Å²) in [7, 11) is -3.78. The van der Waals surface area contributed by atoms with Gasteiger partial charge in [-0.05, 0) is 49.6 Å². The van der Waals surface area contributed by atoms with Gasteiger partial charge in [-0.15, -0.1) is 0 Å². The zero-order valence-electron chi connectivity index (χ0n) is 14.4. The largest absolute Gasteiger partial charge is 0.321 e. The Hall–Kier alpha value is -2.25. The highest BCUT2D eigenvalue weighted by Crippen LogP contribution is 2.22. The van der Waals surface area contributed by atoms with E-state index in [2.05, 4.69) is 10.0 Å². The molecule has 7 heteroatoms. The van der Waals surface area contributed by atoms with Crippen LogP contribution in [0.3, 0.4) is 0 Å². The molecule has 0 aliphatic heterocycles. The van der Waals surface area contributed by atoms with Crippen molar-refractivity contribution in [1.29, 1.82) is 0 Å². The molecular formula is C18H21FN2O3S. The van der Waals surface area contributed by atoms with Gasteiger partial charge in [0.2, 0.25) is 10.0 Å². The van der Waals surface area contributed by atoms with E-state index >= 15 is 0 Å². The number of aryl methyl sites for hydroxylation is 2. The Bertz CT molecular complexity index is 875. The Morgan fingerprint density at radius 3 is 2.36 bits per heavy atom. The van der Waals surface area contributed by atoms with Crippen LogP contribution in [-0.2, 0) is 10.0 Å². The third-order valence-corrected chi connectivity index (χ3v) is 5.21. The molecule has 0 fully saturated rings. The van der Waals surface area contributed by atoms with Crippen LogP contribution >= 0.6 is 0 Å². The molecule has 0 saturated carbocycles. The number of para-hydroxylation sites is 1. The first-order valence-electron chi connectivity index (χ1n) is 7.93. The predicted molar refractivity (Wildman–Crippen MR) is 95.7 cm³/mol. The van der Waals surface area contributed by atoms with E-state index in [-0.39, 0.29) is 17.0 Å². The number of halogens is 1. The standard InChI is InChI=1S/C18H21FN2O3S/c1-4-10-20-25(23,24)14-8-9-16(19)15(11-14)18(22)21-17-12(2)6-5-7-13(17)3/h5-9,11,20H,4,10H2,1-3H3,(H,21,22). The van der Waals surface area contributed by atoms with Crippen LogP contribution in [0.1, 0.15) is 34.8 Å². The first-order chi connectivity index (χ1) is 11.8. The second-order valence-electron chi connectivity index (χ2n) is 5.76. The Kier molecular flexibility index (Phi) is 5.92. The summed E-state index contributed by atoms with van der Waals surface area (Å²) in [6.07, 6.45) is 0.625. The fourth-order valence-electron chi connectivity index (χ4n) is 2.36. The molecule has 0 bridgehead atoms. The monoisotopic (exact) mass is 364 g/mol. The molecule has 0 radical (unpaired) electrons. The number of carbonyl (C=O) groups is 1. The van der Waals surface area contributed by atoms with Crippen molar-refractivity contribution in [3.63, 3.8) is 0 Å². The maximum atomic E-state index is 14.1. The lowest BCUT2D eigenvalue weighted by atomic mass is 10.1. The third kappa shape index (κ3) is 4.43. The minimum absolute atomic E-state index is 0.144. The molecule has 2 aromatic rings. The quantitative estimate of drug-likeness (QED) is 0.825. The van der Waals surface area contributed by atoms with E-state index in [0.717, 1.165) is 29.3 Å². The molecule has 2 N–H and O–H groups in total. The lowest BCUT2D eigenvalue weighted by Crippen LogP contribution is -2.25. The van der Waals surface area contributed by atoms with Gasteiger partial charge in [0, 0.05) is 12.2 Å². The van der Waals surface area contributed by atoms with Gasteiger partial charge < -0.3 is 5.32 Å². The van der Waals surface area contributed by atoms with Crippen LogP contribution in [0.4, 0.5) is 10.1 Å². The fraction of sp³-hybridized carbons (Fsp3) is 0.278. The van der Waals surface area contributed by atoms with E-state index in [1.165, 1.54) is 0 Å². The summed E-state index contributed by atoms with van der Waals surface area (Å²) in [6.45, 7) is 5.75. The number of carbonyl (C=O) groups excluding carboxylic acids is 1. The third-order valence-electron chi connectivity index (χ3n) is 3.75. The average Bonchev–Trinajstić information content (AvgIpc) is 2.56. The van der Waals surface area contributed by atoms with Crippen molar-refractivity contribution in [1.82, 2.24) is 4.72 Å². The van der Waals surface area contributed by atoms with Gasteiger partial charge in [0.05, 0.1) is 10.5 Å². The van der Waals surface area contributed by atoms with Crippen molar-refractivity contribution in [3.05, 3.63) is 58.9 Å². The molecule has 2 rings (SSSR count). The second kappa shape index (κ2) is 7.76. The van der Waals surface area contributed by atoms with E-state index < -0.39 is 21.7 Å². The van der Waals surface area contributed by atoms with Crippen LogP contribution in [0.25, 0.3) is 0 Å². The molecule has 0 spiro atoms. The zero-order chi connectivity index (χ0) is 18.6. The number of anilines is 1. The maximum Gasteiger partial charge on any atom is 0.258 e. The lowest BCUT2D eigenvalue weighted by Gasteiger charge is -2.13. The van der Waals surface area contributed by atoms with Crippen LogP contribution in [0.15, 0.2) is 41.3 Å². The molecule has 5 nitrogen and oxygen atoms in total. The minimum Gasteiger partial charge on any atom is -0.321 e. The number of benzene rings is 2. The van der Waals surface area contributed by atoms with E-state index in [9.17, 15) is 17.6 Å². The van der Waals surface area contributed by atoms with Crippen molar-refractivity contribution in [2.24, 2.45) is 0 Å². The van der Waals surface area contributed by atoms with Crippen molar-refractivity contribution >= 4 is 21.6 Å². The molecule has 0 unspecified atom stereocenters. The lowest BCUT2D eigenvalue weighted by molar-refractivity contribution is 0.102. The first kappa shape index (κ1) is 19.1. The van der Waals surface area contributed by atoms with Gasteiger partial charge in [0.15, 0.2) is 0 Å². The van der Waals surface area contributed by atoms with Crippen molar-refractivity contribution in [2.45, 2.75) is 32.1 Å².